The van der Waals surface area contributed by atoms with Gasteiger partial charge in [0, 0.05) is 12.1 Å². The van der Waals surface area contributed by atoms with Gasteiger partial charge in [-0.1, -0.05) is 6.92 Å². The highest BCUT2D eigenvalue weighted by Gasteiger charge is 2.22. The predicted octanol–water partition coefficient (Wildman–Crippen LogP) is 3.15. The predicted molar refractivity (Wildman–Crippen MR) is 83.8 cm³/mol. The van der Waals surface area contributed by atoms with Crippen LogP contribution in [0.25, 0.3) is 0 Å². The molecule has 0 radical (unpaired) electrons. The lowest BCUT2D eigenvalue weighted by Crippen LogP contribution is -2.09. The Balaban J connectivity index is 2.45. The Kier molecular flexibility index (Phi) is 5.25. The number of methoxy groups -OCH3 is 2. The van der Waals surface area contributed by atoms with Crippen LogP contribution in [0.4, 0.5) is 0 Å². The molecule has 114 valence electrons. The van der Waals surface area contributed by atoms with Gasteiger partial charge in [-0.2, -0.15) is 0 Å². The quantitative estimate of drug-likeness (QED) is 0.865. The molecule has 0 saturated heterocycles. The zero-order valence-corrected chi connectivity index (χ0v) is 13.9. The molecule has 0 aliphatic carbocycles. The highest BCUT2D eigenvalue weighted by molar-refractivity contribution is 9.10. The van der Waals surface area contributed by atoms with E-state index in [0.717, 1.165) is 18.7 Å². The molecule has 0 aliphatic rings. The number of hydrogen-bond acceptors (Lipinski definition) is 4. The normalized spacial score (nSPS) is 12.2. The van der Waals surface area contributed by atoms with E-state index in [1.54, 1.807) is 38.9 Å². The second-order valence-electron chi connectivity index (χ2n) is 4.62. The molecule has 0 bridgehead atoms. The molecular weight excluding hydrogens is 336 g/mol. The Morgan fingerprint density at radius 2 is 2.10 bits per heavy atom. The molecule has 0 fully saturated rings. The molecule has 0 saturated carbocycles. The fourth-order valence-corrected chi connectivity index (χ4v) is 2.96. The van der Waals surface area contributed by atoms with Gasteiger partial charge in [0.15, 0.2) is 0 Å². The summed E-state index contributed by atoms with van der Waals surface area (Å²) in [5.74, 6) is 1.22. The molecule has 0 spiro atoms. The molecule has 1 atom stereocenters. The van der Waals surface area contributed by atoms with Crippen LogP contribution < -0.4 is 9.47 Å². The summed E-state index contributed by atoms with van der Waals surface area (Å²) in [5.41, 5.74) is 1.41. The number of imidazole rings is 1. The van der Waals surface area contributed by atoms with Crippen molar-refractivity contribution in [1.82, 2.24) is 9.55 Å². The first-order valence-electron chi connectivity index (χ1n) is 6.72. The molecule has 6 heteroatoms. The Morgan fingerprint density at radius 3 is 2.71 bits per heavy atom. The van der Waals surface area contributed by atoms with E-state index in [1.807, 2.05) is 4.57 Å². The van der Waals surface area contributed by atoms with Crippen LogP contribution in [0.1, 0.15) is 30.7 Å². The highest BCUT2D eigenvalue weighted by atomic mass is 79.9. The lowest BCUT2D eigenvalue weighted by Gasteiger charge is -2.18. The molecule has 5 nitrogen and oxygen atoms in total. The minimum atomic E-state index is -0.809. The van der Waals surface area contributed by atoms with Gasteiger partial charge in [0.1, 0.15) is 22.1 Å². The number of aryl methyl sites for hydroxylation is 1. The Labute approximate surface area is 132 Å². The van der Waals surface area contributed by atoms with Gasteiger partial charge in [-0.25, -0.2) is 4.98 Å². The van der Waals surface area contributed by atoms with E-state index in [9.17, 15) is 5.11 Å². The average molecular weight is 355 g/mol. The maximum atomic E-state index is 10.7. The molecule has 1 N–H and O–H groups in total. The maximum Gasteiger partial charge on any atom is 0.143 e. The number of benzene rings is 1. The van der Waals surface area contributed by atoms with Crippen molar-refractivity contribution in [2.75, 3.05) is 14.2 Å². The number of rotatable bonds is 6. The van der Waals surface area contributed by atoms with Crippen molar-refractivity contribution in [2.45, 2.75) is 26.0 Å². The maximum absolute atomic E-state index is 10.7. The van der Waals surface area contributed by atoms with Crippen LogP contribution in [0, 0.1) is 0 Å². The van der Waals surface area contributed by atoms with Crippen molar-refractivity contribution >= 4 is 15.9 Å². The van der Waals surface area contributed by atoms with Crippen molar-refractivity contribution in [3.63, 3.8) is 0 Å². The molecule has 1 aromatic heterocycles. The van der Waals surface area contributed by atoms with E-state index in [2.05, 4.69) is 27.8 Å². The number of aliphatic hydroxyl groups excluding tert-OH is 1. The second kappa shape index (κ2) is 6.95. The zero-order chi connectivity index (χ0) is 15.4. The largest absolute Gasteiger partial charge is 0.495 e. The highest BCUT2D eigenvalue weighted by Crippen LogP contribution is 2.41. The smallest absolute Gasteiger partial charge is 0.143 e. The number of aromatic nitrogens is 2. The van der Waals surface area contributed by atoms with Crippen LogP contribution in [0.5, 0.6) is 11.5 Å². The number of nitrogens with zero attached hydrogens (tertiary/aromatic N) is 2. The van der Waals surface area contributed by atoms with Crippen molar-refractivity contribution in [3.05, 3.63) is 40.4 Å². The van der Waals surface area contributed by atoms with Gasteiger partial charge in [-0.05, 0) is 34.5 Å². The Hall–Kier alpha value is -1.53. The molecule has 2 aromatic rings. The molecule has 1 unspecified atom stereocenters. The summed E-state index contributed by atoms with van der Waals surface area (Å²) in [5, 5.41) is 10.7. The number of ether oxygens (including phenoxy) is 2. The first-order valence-corrected chi connectivity index (χ1v) is 7.51. The second-order valence-corrected chi connectivity index (χ2v) is 5.41. The summed E-state index contributed by atoms with van der Waals surface area (Å²) in [7, 11) is 3.16. The minimum absolute atomic E-state index is 0.561. The molecule has 1 heterocycles. The van der Waals surface area contributed by atoms with Crippen LogP contribution in [0.15, 0.2) is 29.1 Å². The van der Waals surface area contributed by atoms with E-state index >= 15 is 0 Å². The number of halogens is 1. The van der Waals surface area contributed by atoms with Crippen molar-refractivity contribution < 1.29 is 14.6 Å². The van der Waals surface area contributed by atoms with Gasteiger partial charge in [0.2, 0.25) is 0 Å². The third kappa shape index (κ3) is 3.06. The molecule has 21 heavy (non-hydrogen) atoms. The molecular formula is C15H19BrN2O3. The van der Waals surface area contributed by atoms with Crippen LogP contribution in [0.2, 0.25) is 0 Å². The van der Waals surface area contributed by atoms with Crippen molar-refractivity contribution in [2.24, 2.45) is 0 Å². The van der Waals surface area contributed by atoms with Crippen LogP contribution in [-0.4, -0.2) is 28.9 Å². The van der Waals surface area contributed by atoms with Gasteiger partial charge < -0.3 is 19.1 Å². The monoisotopic (exact) mass is 354 g/mol. The lowest BCUT2D eigenvalue weighted by atomic mass is 10.1. The van der Waals surface area contributed by atoms with E-state index in [-0.39, 0.29) is 0 Å². The average Bonchev–Trinajstić information content (AvgIpc) is 2.94. The molecule has 2 rings (SSSR count). The topological polar surface area (TPSA) is 56.5 Å². The fourth-order valence-electron chi connectivity index (χ4n) is 2.28. The summed E-state index contributed by atoms with van der Waals surface area (Å²) in [6, 6.07) is 3.60. The van der Waals surface area contributed by atoms with Crippen LogP contribution in [-0.2, 0) is 6.54 Å². The van der Waals surface area contributed by atoms with E-state index in [0.29, 0.717) is 21.5 Å². The fraction of sp³-hybridized carbons (Fsp3) is 0.400. The van der Waals surface area contributed by atoms with Crippen molar-refractivity contribution in [1.29, 1.82) is 0 Å². The van der Waals surface area contributed by atoms with E-state index < -0.39 is 6.10 Å². The minimum Gasteiger partial charge on any atom is -0.495 e. The van der Waals surface area contributed by atoms with E-state index in [4.69, 9.17) is 9.47 Å². The molecule has 0 aliphatic heterocycles. The van der Waals surface area contributed by atoms with Gasteiger partial charge in [-0.3, -0.25) is 0 Å². The third-order valence-electron chi connectivity index (χ3n) is 3.30. The van der Waals surface area contributed by atoms with Crippen LogP contribution in [0.3, 0.4) is 0 Å². The van der Waals surface area contributed by atoms with Gasteiger partial charge in [0.25, 0.3) is 0 Å². The first-order chi connectivity index (χ1) is 10.1. The summed E-state index contributed by atoms with van der Waals surface area (Å²) in [6.45, 7) is 2.90. The molecule has 1 aromatic carbocycles. The van der Waals surface area contributed by atoms with Crippen LogP contribution >= 0.6 is 15.9 Å². The Bertz CT molecular complexity index is 613. The van der Waals surface area contributed by atoms with Gasteiger partial charge in [-0.15, -0.1) is 0 Å². The molecule has 0 amide bonds. The third-order valence-corrected chi connectivity index (χ3v) is 4.05. The summed E-state index contributed by atoms with van der Waals surface area (Å²) in [4.78, 5) is 4.12. The van der Waals surface area contributed by atoms with Gasteiger partial charge in [0.05, 0.1) is 32.4 Å². The first kappa shape index (κ1) is 15.9. The SMILES string of the molecule is CCCn1cncc1C(O)c1ccc(OC)c(Br)c1OC. The summed E-state index contributed by atoms with van der Waals surface area (Å²) in [6.07, 6.45) is 3.57. The Morgan fingerprint density at radius 1 is 1.33 bits per heavy atom. The summed E-state index contributed by atoms with van der Waals surface area (Å²) >= 11 is 3.45. The zero-order valence-electron chi connectivity index (χ0n) is 12.3. The standard InChI is InChI=1S/C15H19BrN2O3/c1-4-7-18-9-17-8-11(18)14(19)10-5-6-12(20-2)13(16)15(10)21-3/h5-6,8-9,14,19H,4,7H2,1-3H3. The summed E-state index contributed by atoms with van der Waals surface area (Å²) < 4.78 is 13.3. The number of aliphatic hydroxyl groups is 1. The lowest BCUT2D eigenvalue weighted by molar-refractivity contribution is 0.204. The van der Waals surface area contributed by atoms with Gasteiger partial charge >= 0.3 is 0 Å². The number of hydrogen-bond donors (Lipinski definition) is 1. The van der Waals surface area contributed by atoms with Crippen molar-refractivity contribution in [3.8, 4) is 11.5 Å². The van der Waals surface area contributed by atoms with E-state index in [1.165, 1.54) is 0 Å².